The van der Waals surface area contributed by atoms with E-state index in [1.165, 1.54) is 25.7 Å². The van der Waals surface area contributed by atoms with Crippen LogP contribution in [-0.2, 0) is 0 Å². The van der Waals surface area contributed by atoms with Crippen LogP contribution in [0.1, 0.15) is 45.4 Å². The second-order valence-electron chi connectivity index (χ2n) is 6.71. The number of hydrogen-bond acceptors (Lipinski definition) is 4. The number of β-amino-alcohol motifs (C(OH)–C–C–N with tert-alkyl or cyclic N) is 1. The van der Waals surface area contributed by atoms with E-state index in [0.29, 0.717) is 12.0 Å². The van der Waals surface area contributed by atoms with Gasteiger partial charge < -0.3 is 15.5 Å². The minimum Gasteiger partial charge on any atom is -0.395 e. The van der Waals surface area contributed by atoms with E-state index in [9.17, 15) is 5.11 Å². The van der Waals surface area contributed by atoms with Gasteiger partial charge in [0.05, 0.1) is 12.7 Å². The maximum Gasteiger partial charge on any atom is 0.0578 e. The van der Waals surface area contributed by atoms with E-state index < -0.39 is 0 Å². The third kappa shape index (κ3) is 4.69. The number of aliphatic hydroxyl groups is 2. The first-order valence-electron chi connectivity index (χ1n) is 8.47. The highest BCUT2D eigenvalue weighted by Crippen LogP contribution is 2.25. The van der Waals surface area contributed by atoms with Crippen molar-refractivity contribution in [3.05, 3.63) is 0 Å². The second kappa shape index (κ2) is 8.32. The maximum atomic E-state index is 10.1. The quantitative estimate of drug-likeness (QED) is 0.658. The Hall–Kier alpha value is -0.160. The van der Waals surface area contributed by atoms with E-state index in [1.807, 2.05) is 0 Å². The number of likely N-dealkylation sites (tertiary alicyclic amines) is 1. The van der Waals surface area contributed by atoms with E-state index in [1.54, 1.807) is 0 Å². The molecule has 118 valence electrons. The Morgan fingerprint density at radius 1 is 1.25 bits per heavy atom. The van der Waals surface area contributed by atoms with Gasteiger partial charge in [0.1, 0.15) is 0 Å². The van der Waals surface area contributed by atoms with Gasteiger partial charge in [-0.25, -0.2) is 0 Å². The summed E-state index contributed by atoms with van der Waals surface area (Å²) in [5.74, 6) is 1.21. The van der Waals surface area contributed by atoms with Gasteiger partial charge in [-0.2, -0.15) is 0 Å². The van der Waals surface area contributed by atoms with Crippen LogP contribution in [-0.4, -0.2) is 60.0 Å². The smallest absolute Gasteiger partial charge is 0.0578 e. The SMILES string of the molecule is CCC(O)C1CC(NCC2CCCC2)CN(CCO)C1. The summed E-state index contributed by atoms with van der Waals surface area (Å²) in [5.41, 5.74) is 0. The molecule has 0 spiro atoms. The Bertz CT molecular complexity index is 269. The summed E-state index contributed by atoms with van der Waals surface area (Å²) in [4.78, 5) is 2.30. The Morgan fingerprint density at radius 3 is 2.65 bits per heavy atom. The fourth-order valence-electron chi connectivity index (χ4n) is 3.86. The molecule has 0 aromatic heterocycles. The number of piperidine rings is 1. The molecule has 0 radical (unpaired) electrons. The van der Waals surface area contributed by atoms with Crippen molar-refractivity contribution in [3.8, 4) is 0 Å². The maximum absolute atomic E-state index is 10.1. The number of aliphatic hydroxyl groups excluding tert-OH is 2. The van der Waals surface area contributed by atoms with Crippen molar-refractivity contribution in [2.75, 3.05) is 32.8 Å². The number of hydrogen-bond donors (Lipinski definition) is 3. The van der Waals surface area contributed by atoms with Gasteiger partial charge in [-0.1, -0.05) is 19.8 Å². The Kier molecular flexibility index (Phi) is 6.75. The third-order valence-corrected chi connectivity index (χ3v) is 5.11. The van der Waals surface area contributed by atoms with Crippen molar-refractivity contribution >= 4 is 0 Å². The van der Waals surface area contributed by atoms with Crippen molar-refractivity contribution in [2.24, 2.45) is 11.8 Å². The fourth-order valence-corrected chi connectivity index (χ4v) is 3.86. The molecule has 3 unspecified atom stereocenters. The molecule has 1 saturated heterocycles. The van der Waals surface area contributed by atoms with Crippen molar-refractivity contribution in [1.29, 1.82) is 0 Å². The van der Waals surface area contributed by atoms with Gasteiger partial charge in [0.25, 0.3) is 0 Å². The summed E-state index contributed by atoms with van der Waals surface area (Å²) in [6.45, 7) is 6.07. The molecular weight excluding hydrogens is 252 g/mol. The van der Waals surface area contributed by atoms with Crippen molar-refractivity contribution in [2.45, 2.75) is 57.6 Å². The highest BCUT2D eigenvalue weighted by molar-refractivity contribution is 4.87. The lowest BCUT2D eigenvalue weighted by Gasteiger charge is -2.40. The predicted octanol–water partition coefficient (Wildman–Crippen LogP) is 1.22. The van der Waals surface area contributed by atoms with Crippen LogP contribution < -0.4 is 5.32 Å². The number of nitrogens with one attached hydrogen (secondary N) is 1. The molecule has 0 bridgehead atoms. The normalized spacial score (nSPS) is 30.8. The molecule has 1 aliphatic carbocycles. The zero-order chi connectivity index (χ0) is 14.4. The van der Waals surface area contributed by atoms with Crippen LogP contribution in [0.3, 0.4) is 0 Å². The van der Waals surface area contributed by atoms with Crippen molar-refractivity contribution in [1.82, 2.24) is 10.2 Å². The third-order valence-electron chi connectivity index (χ3n) is 5.11. The zero-order valence-corrected chi connectivity index (χ0v) is 12.9. The Balaban J connectivity index is 1.82. The summed E-state index contributed by atoms with van der Waals surface area (Å²) in [6.07, 6.45) is 7.24. The average Bonchev–Trinajstić information content (AvgIpc) is 2.97. The van der Waals surface area contributed by atoms with E-state index in [0.717, 1.165) is 44.9 Å². The molecule has 4 nitrogen and oxygen atoms in total. The lowest BCUT2D eigenvalue weighted by molar-refractivity contribution is 0.0294. The fraction of sp³-hybridized carbons (Fsp3) is 1.00. The minimum atomic E-state index is -0.202. The molecule has 1 saturated carbocycles. The molecule has 3 N–H and O–H groups in total. The van der Waals surface area contributed by atoms with E-state index in [-0.39, 0.29) is 12.7 Å². The highest BCUT2D eigenvalue weighted by atomic mass is 16.3. The lowest BCUT2D eigenvalue weighted by Crippen LogP contribution is -2.52. The first-order chi connectivity index (χ1) is 9.72. The molecule has 0 aromatic carbocycles. The van der Waals surface area contributed by atoms with Crippen LogP contribution in [0.15, 0.2) is 0 Å². The van der Waals surface area contributed by atoms with Crippen LogP contribution in [0, 0.1) is 11.8 Å². The van der Waals surface area contributed by atoms with Crippen LogP contribution in [0.5, 0.6) is 0 Å². The summed E-state index contributed by atoms with van der Waals surface area (Å²) in [5, 5.41) is 23.0. The predicted molar refractivity (Wildman–Crippen MR) is 81.7 cm³/mol. The first kappa shape index (κ1) is 16.2. The zero-order valence-electron chi connectivity index (χ0n) is 12.9. The second-order valence-corrected chi connectivity index (χ2v) is 6.71. The topological polar surface area (TPSA) is 55.7 Å². The van der Waals surface area contributed by atoms with E-state index >= 15 is 0 Å². The van der Waals surface area contributed by atoms with Crippen LogP contribution >= 0.6 is 0 Å². The molecule has 2 fully saturated rings. The molecule has 0 aromatic rings. The summed E-state index contributed by atoms with van der Waals surface area (Å²) in [7, 11) is 0. The Labute approximate surface area is 123 Å². The standard InChI is InChI=1S/C16H32N2O2/c1-2-16(20)14-9-15(12-18(11-14)7-8-19)17-10-13-5-3-4-6-13/h13-17,19-20H,2-12H2,1H3. The van der Waals surface area contributed by atoms with Gasteiger partial charge in [-0.3, -0.25) is 4.90 Å². The molecule has 0 amide bonds. The molecule has 4 heteroatoms. The van der Waals surface area contributed by atoms with Crippen molar-refractivity contribution < 1.29 is 10.2 Å². The minimum absolute atomic E-state index is 0.202. The van der Waals surface area contributed by atoms with Crippen LogP contribution in [0.2, 0.25) is 0 Å². The molecule has 1 aliphatic heterocycles. The molecule has 2 rings (SSSR count). The molecule has 1 heterocycles. The number of nitrogens with zero attached hydrogens (tertiary/aromatic N) is 1. The summed E-state index contributed by atoms with van der Waals surface area (Å²) >= 11 is 0. The van der Waals surface area contributed by atoms with Crippen LogP contribution in [0.4, 0.5) is 0 Å². The highest BCUT2D eigenvalue weighted by Gasteiger charge is 2.30. The van der Waals surface area contributed by atoms with Gasteiger partial charge in [0.15, 0.2) is 0 Å². The number of rotatable bonds is 7. The Morgan fingerprint density at radius 2 is 2.00 bits per heavy atom. The monoisotopic (exact) mass is 284 g/mol. The first-order valence-corrected chi connectivity index (χ1v) is 8.47. The van der Waals surface area contributed by atoms with Gasteiger partial charge in [0.2, 0.25) is 0 Å². The van der Waals surface area contributed by atoms with Crippen LogP contribution in [0.25, 0.3) is 0 Å². The molecule has 3 atom stereocenters. The van der Waals surface area contributed by atoms with Gasteiger partial charge in [-0.05, 0) is 44.1 Å². The largest absolute Gasteiger partial charge is 0.395 e. The average molecular weight is 284 g/mol. The van der Waals surface area contributed by atoms with E-state index in [4.69, 9.17) is 5.11 Å². The lowest BCUT2D eigenvalue weighted by atomic mass is 9.88. The van der Waals surface area contributed by atoms with Gasteiger partial charge in [0, 0.05) is 25.7 Å². The summed E-state index contributed by atoms with van der Waals surface area (Å²) < 4.78 is 0. The van der Waals surface area contributed by atoms with Gasteiger partial charge >= 0.3 is 0 Å². The molecule has 20 heavy (non-hydrogen) atoms. The molecule has 2 aliphatic rings. The molecular formula is C16H32N2O2. The summed E-state index contributed by atoms with van der Waals surface area (Å²) in [6, 6.07) is 0.474. The van der Waals surface area contributed by atoms with Crippen molar-refractivity contribution in [3.63, 3.8) is 0 Å². The van der Waals surface area contributed by atoms with Gasteiger partial charge in [-0.15, -0.1) is 0 Å². The van der Waals surface area contributed by atoms with E-state index in [2.05, 4.69) is 17.1 Å².